The fourth-order valence-electron chi connectivity index (χ4n) is 2.69. The van der Waals surface area contributed by atoms with E-state index < -0.39 is 0 Å². The molecule has 1 aliphatic heterocycles. The molecule has 4 heteroatoms. The van der Waals surface area contributed by atoms with Crippen LogP contribution < -0.4 is 10.6 Å². The van der Waals surface area contributed by atoms with E-state index in [1.807, 2.05) is 30.3 Å². The molecule has 4 nitrogen and oxygen atoms in total. The molecule has 1 saturated heterocycles. The van der Waals surface area contributed by atoms with Gasteiger partial charge in [0.15, 0.2) is 0 Å². The van der Waals surface area contributed by atoms with E-state index >= 15 is 0 Å². The first-order chi connectivity index (χ1) is 9.74. The van der Waals surface area contributed by atoms with Crippen LogP contribution in [0.25, 0.3) is 0 Å². The number of piperidine rings is 1. The topological polar surface area (TPSA) is 44.4 Å². The van der Waals surface area contributed by atoms with Gasteiger partial charge in [0.2, 0.25) is 0 Å². The van der Waals surface area contributed by atoms with E-state index in [-0.39, 0.29) is 6.03 Å². The molecule has 1 atom stereocenters. The summed E-state index contributed by atoms with van der Waals surface area (Å²) >= 11 is 0. The zero-order valence-corrected chi connectivity index (χ0v) is 12.3. The predicted molar refractivity (Wildman–Crippen MR) is 82.9 cm³/mol. The van der Waals surface area contributed by atoms with Crippen LogP contribution in [0.2, 0.25) is 0 Å². The van der Waals surface area contributed by atoms with E-state index in [4.69, 9.17) is 0 Å². The number of anilines is 1. The average molecular weight is 275 g/mol. The molecular weight excluding hydrogens is 250 g/mol. The Morgan fingerprint density at radius 1 is 1.35 bits per heavy atom. The van der Waals surface area contributed by atoms with Gasteiger partial charge in [-0.3, -0.25) is 0 Å². The molecule has 0 aliphatic carbocycles. The van der Waals surface area contributed by atoms with E-state index in [0.717, 1.165) is 31.1 Å². The zero-order chi connectivity index (χ0) is 14.2. The number of nitrogens with zero attached hydrogens (tertiary/aromatic N) is 1. The first-order valence-electron chi connectivity index (χ1n) is 7.56. The van der Waals surface area contributed by atoms with Crippen LogP contribution in [0, 0.1) is 5.92 Å². The number of hydrogen-bond acceptors (Lipinski definition) is 2. The summed E-state index contributed by atoms with van der Waals surface area (Å²) in [5.41, 5.74) is 0.829. The summed E-state index contributed by atoms with van der Waals surface area (Å²) in [6, 6.07) is 9.40. The molecule has 1 aromatic rings. The summed E-state index contributed by atoms with van der Waals surface area (Å²) in [4.78, 5) is 14.2. The van der Waals surface area contributed by atoms with E-state index in [2.05, 4.69) is 22.5 Å². The molecule has 1 heterocycles. The monoisotopic (exact) mass is 275 g/mol. The molecule has 1 aliphatic rings. The number of hydrogen-bond donors (Lipinski definition) is 2. The number of urea groups is 1. The number of carbonyl (C=O) groups excluding carboxylic acids is 1. The van der Waals surface area contributed by atoms with Crippen LogP contribution >= 0.6 is 0 Å². The van der Waals surface area contributed by atoms with Crippen LogP contribution in [0.1, 0.15) is 26.2 Å². The lowest BCUT2D eigenvalue weighted by Gasteiger charge is -2.30. The number of benzene rings is 1. The molecule has 0 bridgehead atoms. The van der Waals surface area contributed by atoms with Crippen LogP contribution in [-0.4, -0.2) is 37.1 Å². The minimum Gasteiger partial charge on any atom is -0.338 e. The lowest BCUT2D eigenvalue weighted by atomic mass is 10.0. The van der Waals surface area contributed by atoms with Crippen molar-refractivity contribution >= 4 is 11.7 Å². The first-order valence-corrected chi connectivity index (χ1v) is 7.56. The largest absolute Gasteiger partial charge is 0.338 e. The van der Waals surface area contributed by atoms with Crippen molar-refractivity contribution in [3.05, 3.63) is 30.3 Å². The number of amides is 2. The molecule has 0 aromatic heterocycles. The van der Waals surface area contributed by atoms with Gasteiger partial charge in [-0.25, -0.2) is 4.79 Å². The van der Waals surface area contributed by atoms with Crippen molar-refractivity contribution in [1.29, 1.82) is 0 Å². The predicted octanol–water partition coefficient (Wildman–Crippen LogP) is 2.93. The molecule has 1 aromatic carbocycles. The highest BCUT2D eigenvalue weighted by molar-refractivity contribution is 5.89. The van der Waals surface area contributed by atoms with Gasteiger partial charge in [0, 0.05) is 18.8 Å². The molecular formula is C16H25N3O. The van der Waals surface area contributed by atoms with Gasteiger partial charge in [0.25, 0.3) is 0 Å². The number of likely N-dealkylation sites (tertiary alicyclic amines) is 1. The minimum atomic E-state index is -0.122. The highest BCUT2D eigenvalue weighted by Gasteiger charge is 2.15. The molecule has 2 N–H and O–H groups in total. The molecule has 0 radical (unpaired) electrons. The van der Waals surface area contributed by atoms with Gasteiger partial charge < -0.3 is 15.5 Å². The lowest BCUT2D eigenvalue weighted by molar-refractivity contribution is 0.182. The second-order valence-electron chi connectivity index (χ2n) is 5.65. The van der Waals surface area contributed by atoms with Crippen molar-refractivity contribution < 1.29 is 4.79 Å². The Morgan fingerprint density at radius 2 is 2.15 bits per heavy atom. The van der Waals surface area contributed by atoms with Crippen LogP contribution in [-0.2, 0) is 0 Å². The molecule has 1 fully saturated rings. The quantitative estimate of drug-likeness (QED) is 0.812. The van der Waals surface area contributed by atoms with Crippen LogP contribution in [0.4, 0.5) is 10.5 Å². The van der Waals surface area contributed by atoms with Crippen molar-refractivity contribution in [3.8, 4) is 0 Å². The first kappa shape index (κ1) is 14.9. The van der Waals surface area contributed by atoms with E-state index in [1.165, 1.54) is 25.9 Å². The molecule has 0 saturated carbocycles. The average Bonchev–Trinajstić information content (AvgIpc) is 2.45. The Hall–Kier alpha value is -1.55. The number of carbonyl (C=O) groups is 1. The Bertz CT molecular complexity index is 407. The lowest BCUT2D eigenvalue weighted by Crippen LogP contribution is -2.37. The summed E-state index contributed by atoms with van der Waals surface area (Å²) in [5, 5.41) is 5.73. The standard InChI is InChI=1S/C16H25N3O/c1-14-7-5-11-19(13-14)12-6-10-17-16(20)18-15-8-3-2-4-9-15/h2-4,8-9,14H,5-7,10-13H2,1H3,(H2,17,18,20). The van der Waals surface area contributed by atoms with Crippen molar-refractivity contribution in [2.45, 2.75) is 26.2 Å². The summed E-state index contributed by atoms with van der Waals surface area (Å²) in [7, 11) is 0. The zero-order valence-electron chi connectivity index (χ0n) is 12.3. The number of para-hydroxylation sites is 1. The highest BCUT2D eigenvalue weighted by Crippen LogP contribution is 2.15. The fourth-order valence-corrected chi connectivity index (χ4v) is 2.69. The van der Waals surface area contributed by atoms with Crippen molar-refractivity contribution in [3.63, 3.8) is 0 Å². The van der Waals surface area contributed by atoms with Gasteiger partial charge in [-0.2, -0.15) is 0 Å². The maximum absolute atomic E-state index is 11.7. The molecule has 2 amide bonds. The Morgan fingerprint density at radius 3 is 2.90 bits per heavy atom. The minimum absolute atomic E-state index is 0.122. The van der Waals surface area contributed by atoms with Gasteiger partial charge in [-0.05, 0) is 50.4 Å². The Labute approximate surface area is 121 Å². The highest BCUT2D eigenvalue weighted by atomic mass is 16.2. The van der Waals surface area contributed by atoms with Gasteiger partial charge in [-0.15, -0.1) is 0 Å². The maximum atomic E-state index is 11.7. The molecule has 110 valence electrons. The van der Waals surface area contributed by atoms with Crippen molar-refractivity contribution in [1.82, 2.24) is 10.2 Å². The Balaban J connectivity index is 1.57. The summed E-state index contributed by atoms with van der Waals surface area (Å²) in [6.45, 7) is 6.54. The van der Waals surface area contributed by atoms with E-state index in [9.17, 15) is 4.79 Å². The molecule has 1 unspecified atom stereocenters. The van der Waals surface area contributed by atoms with E-state index in [0.29, 0.717) is 0 Å². The van der Waals surface area contributed by atoms with E-state index in [1.54, 1.807) is 0 Å². The molecule has 2 rings (SSSR count). The smallest absolute Gasteiger partial charge is 0.319 e. The van der Waals surface area contributed by atoms with Crippen LogP contribution in [0.3, 0.4) is 0 Å². The fraction of sp³-hybridized carbons (Fsp3) is 0.562. The third-order valence-corrected chi connectivity index (χ3v) is 3.71. The van der Waals surface area contributed by atoms with Crippen molar-refractivity contribution in [2.24, 2.45) is 5.92 Å². The molecule has 0 spiro atoms. The number of rotatable bonds is 5. The summed E-state index contributed by atoms with van der Waals surface area (Å²) < 4.78 is 0. The van der Waals surface area contributed by atoms with Crippen LogP contribution in [0.15, 0.2) is 30.3 Å². The maximum Gasteiger partial charge on any atom is 0.319 e. The van der Waals surface area contributed by atoms with Gasteiger partial charge in [0.05, 0.1) is 0 Å². The van der Waals surface area contributed by atoms with Crippen LogP contribution in [0.5, 0.6) is 0 Å². The van der Waals surface area contributed by atoms with Crippen molar-refractivity contribution in [2.75, 3.05) is 31.5 Å². The number of nitrogens with one attached hydrogen (secondary N) is 2. The normalized spacial score (nSPS) is 19.6. The SMILES string of the molecule is CC1CCCN(CCCNC(=O)Nc2ccccc2)C1. The third-order valence-electron chi connectivity index (χ3n) is 3.71. The van der Waals surface area contributed by atoms with Gasteiger partial charge >= 0.3 is 6.03 Å². The van der Waals surface area contributed by atoms with Gasteiger partial charge in [0.1, 0.15) is 0 Å². The second-order valence-corrected chi connectivity index (χ2v) is 5.65. The summed E-state index contributed by atoms with van der Waals surface area (Å²) in [6.07, 6.45) is 3.67. The van der Waals surface area contributed by atoms with Gasteiger partial charge in [-0.1, -0.05) is 25.1 Å². The molecule has 20 heavy (non-hydrogen) atoms. The second kappa shape index (κ2) is 7.90. The summed E-state index contributed by atoms with van der Waals surface area (Å²) in [5.74, 6) is 0.818. The third kappa shape index (κ3) is 5.21. The Kier molecular flexibility index (Phi) is 5.87.